The highest BCUT2D eigenvalue weighted by molar-refractivity contribution is 7.11. The number of hydrogen-bond donors (Lipinski definition) is 0. The number of carbonyl (C=O) groups is 2. The van der Waals surface area contributed by atoms with Crippen molar-refractivity contribution in [2.24, 2.45) is 0 Å². The van der Waals surface area contributed by atoms with E-state index < -0.39 is 5.60 Å². The van der Waals surface area contributed by atoms with Gasteiger partial charge in [-0.05, 0) is 33.6 Å². The van der Waals surface area contributed by atoms with Crippen LogP contribution in [0.25, 0.3) is 0 Å². The molecule has 110 valence electrons. The van der Waals surface area contributed by atoms with Crippen LogP contribution in [0.4, 0.5) is 4.79 Å². The van der Waals surface area contributed by atoms with E-state index in [0.717, 1.165) is 12.8 Å². The zero-order chi connectivity index (χ0) is 14.8. The molecule has 1 aromatic rings. The Balaban J connectivity index is 1.97. The van der Waals surface area contributed by atoms with Crippen molar-refractivity contribution in [2.45, 2.75) is 51.7 Å². The minimum atomic E-state index is -0.508. The summed E-state index contributed by atoms with van der Waals surface area (Å²) in [4.78, 5) is 30.5. The number of carbonyl (C=O) groups excluding carboxylic acids is 2. The van der Waals surface area contributed by atoms with Crippen LogP contribution in [0.3, 0.4) is 0 Å². The van der Waals surface area contributed by atoms with E-state index in [2.05, 4.69) is 4.98 Å². The summed E-state index contributed by atoms with van der Waals surface area (Å²) in [6.07, 6.45) is 3.38. The molecule has 2 rings (SSSR count). The Bertz CT molecular complexity index is 479. The number of amides is 1. The van der Waals surface area contributed by atoms with Gasteiger partial charge in [0.15, 0.2) is 5.78 Å². The fraction of sp³-hybridized carbons (Fsp3) is 0.643. The number of rotatable bonds is 3. The van der Waals surface area contributed by atoms with Gasteiger partial charge in [-0.2, -0.15) is 0 Å². The van der Waals surface area contributed by atoms with Crippen molar-refractivity contribution in [3.8, 4) is 0 Å². The number of likely N-dealkylation sites (tertiary alicyclic amines) is 1. The molecule has 6 heteroatoms. The first-order valence-electron chi connectivity index (χ1n) is 6.78. The van der Waals surface area contributed by atoms with Gasteiger partial charge in [0.1, 0.15) is 5.60 Å². The highest BCUT2D eigenvalue weighted by atomic mass is 32.1. The van der Waals surface area contributed by atoms with Gasteiger partial charge in [0.05, 0.1) is 10.4 Å². The lowest BCUT2D eigenvalue weighted by atomic mass is 10.1. The zero-order valence-electron chi connectivity index (χ0n) is 12.1. The third-order valence-corrected chi connectivity index (χ3v) is 3.95. The largest absolute Gasteiger partial charge is 0.444 e. The second-order valence-corrected chi connectivity index (χ2v) is 6.85. The summed E-state index contributed by atoms with van der Waals surface area (Å²) < 4.78 is 5.39. The molecule has 1 saturated heterocycles. The first-order valence-corrected chi connectivity index (χ1v) is 7.66. The standard InChI is InChI=1S/C14H20N2O3S/c1-14(2,3)19-13(18)16-6-4-5-10(16)7-11(17)12-8-15-9-20-12/h8-10H,4-7H2,1-3H3. The zero-order valence-corrected chi connectivity index (χ0v) is 12.9. The number of ketones is 1. The van der Waals surface area contributed by atoms with Gasteiger partial charge in [-0.15, -0.1) is 11.3 Å². The predicted octanol–water partition coefficient (Wildman–Crippen LogP) is 3.12. The molecular weight excluding hydrogens is 276 g/mol. The Morgan fingerprint density at radius 3 is 2.85 bits per heavy atom. The average molecular weight is 296 g/mol. The third kappa shape index (κ3) is 3.79. The van der Waals surface area contributed by atoms with Crippen molar-refractivity contribution < 1.29 is 14.3 Å². The number of aromatic nitrogens is 1. The number of nitrogens with zero attached hydrogens (tertiary/aromatic N) is 2. The van der Waals surface area contributed by atoms with Crippen molar-refractivity contribution in [3.05, 3.63) is 16.6 Å². The van der Waals surface area contributed by atoms with E-state index in [0.29, 0.717) is 17.8 Å². The predicted molar refractivity (Wildman–Crippen MR) is 77.0 cm³/mol. The van der Waals surface area contributed by atoms with Crippen LogP contribution in [-0.4, -0.2) is 39.9 Å². The van der Waals surface area contributed by atoms with Crippen molar-refractivity contribution in [1.29, 1.82) is 0 Å². The fourth-order valence-corrected chi connectivity index (χ4v) is 2.85. The van der Waals surface area contributed by atoms with Gasteiger partial charge in [0.25, 0.3) is 0 Å². The maximum Gasteiger partial charge on any atom is 0.410 e. The van der Waals surface area contributed by atoms with Gasteiger partial charge < -0.3 is 9.64 Å². The van der Waals surface area contributed by atoms with Gasteiger partial charge in [-0.1, -0.05) is 0 Å². The Morgan fingerprint density at radius 1 is 1.50 bits per heavy atom. The van der Waals surface area contributed by atoms with Crippen LogP contribution in [0.1, 0.15) is 49.7 Å². The molecule has 0 radical (unpaired) electrons. The van der Waals surface area contributed by atoms with Crippen LogP contribution < -0.4 is 0 Å². The lowest BCUT2D eigenvalue weighted by molar-refractivity contribution is 0.0223. The number of ether oxygens (including phenoxy) is 1. The summed E-state index contributed by atoms with van der Waals surface area (Å²) >= 11 is 1.34. The van der Waals surface area contributed by atoms with E-state index in [1.807, 2.05) is 20.8 Å². The topological polar surface area (TPSA) is 59.5 Å². The highest BCUT2D eigenvalue weighted by Gasteiger charge is 2.33. The van der Waals surface area contributed by atoms with E-state index in [1.165, 1.54) is 11.3 Å². The van der Waals surface area contributed by atoms with Crippen molar-refractivity contribution in [3.63, 3.8) is 0 Å². The third-order valence-electron chi connectivity index (χ3n) is 3.13. The second kappa shape index (κ2) is 5.91. The molecule has 0 saturated carbocycles. The summed E-state index contributed by atoms with van der Waals surface area (Å²) in [5.41, 5.74) is 1.14. The van der Waals surface area contributed by atoms with Crippen molar-refractivity contribution in [1.82, 2.24) is 9.88 Å². The van der Waals surface area contributed by atoms with E-state index >= 15 is 0 Å². The van der Waals surface area contributed by atoms with Crippen LogP contribution in [0.2, 0.25) is 0 Å². The van der Waals surface area contributed by atoms with E-state index in [9.17, 15) is 9.59 Å². The minimum absolute atomic E-state index is 0.0490. The molecule has 0 spiro atoms. The van der Waals surface area contributed by atoms with E-state index in [4.69, 9.17) is 4.74 Å². The molecule has 2 heterocycles. The lowest BCUT2D eigenvalue weighted by Gasteiger charge is -2.28. The summed E-state index contributed by atoms with van der Waals surface area (Å²) in [6, 6.07) is -0.0561. The smallest absolute Gasteiger partial charge is 0.410 e. The van der Waals surface area contributed by atoms with Gasteiger partial charge in [0.2, 0.25) is 0 Å². The SMILES string of the molecule is CC(C)(C)OC(=O)N1CCCC1CC(=O)c1cncs1. The van der Waals surface area contributed by atoms with E-state index in [-0.39, 0.29) is 17.9 Å². The molecule has 0 aromatic carbocycles. The number of hydrogen-bond acceptors (Lipinski definition) is 5. The summed E-state index contributed by atoms with van der Waals surface area (Å²) in [7, 11) is 0. The Hall–Kier alpha value is -1.43. The summed E-state index contributed by atoms with van der Waals surface area (Å²) in [5.74, 6) is 0.0490. The van der Waals surface area contributed by atoms with Gasteiger partial charge in [-0.25, -0.2) is 4.79 Å². The molecule has 5 nitrogen and oxygen atoms in total. The molecule has 0 bridgehead atoms. The van der Waals surface area contributed by atoms with Gasteiger partial charge in [0, 0.05) is 25.2 Å². The Morgan fingerprint density at radius 2 is 2.25 bits per heavy atom. The monoisotopic (exact) mass is 296 g/mol. The van der Waals surface area contributed by atoms with Crippen molar-refractivity contribution in [2.75, 3.05) is 6.54 Å². The number of Topliss-reactive ketones (excluding diaryl/α,β-unsaturated/α-hetero) is 1. The summed E-state index contributed by atoms with van der Waals surface area (Å²) in [6.45, 7) is 6.20. The van der Waals surface area contributed by atoms with Crippen LogP contribution in [-0.2, 0) is 4.74 Å². The average Bonchev–Trinajstić information content (AvgIpc) is 2.96. The van der Waals surface area contributed by atoms with Crippen LogP contribution >= 0.6 is 11.3 Å². The molecule has 0 N–H and O–H groups in total. The minimum Gasteiger partial charge on any atom is -0.444 e. The van der Waals surface area contributed by atoms with Crippen LogP contribution in [0.15, 0.2) is 11.7 Å². The lowest BCUT2D eigenvalue weighted by Crippen LogP contribution is -2.40. The molecule has 1 aliphatic rings. The second-order valence-electron chi connectivity index (χ2n) is 5.96. The normalized spacial score (nSPS) is 19.1. The molecular formula is C14H20N2O3S. The first-order chi connectivity index (χ1) is 9.37. The van der Waals surface area contributed by atoms with Crippen LogP contribution in [0, 0.1) is 0 Å². The van der Waals surface area contributed by atoms with Crippen LogP contribution in [0.5, 0.6) is 0 Å². The molecule has 1 aromatic heterocycles. The highest BCUT2D eigenvalue weighted by Crippen LogP contribution is 2.24. The molecule has 20 heavy (non-hydrogen) atoms. The maximum atomic E-state index is 12.1. The van der Waals surface area contributed by atoms with Crippen molar-refractivity contribution >= 4 is 23.2 Å². The molecule has 1 fully saturated rings. The molecule has 0 aliphatic carbocycles. The number of thiazole rings is 1. The van der Waals surface area contributed by atoms with Gasteiger partial charge >= 0.3 is 6.09 Å². The molecule has 1 atom stereocenters. The molecule has 1 unspecified atom stereocenters. The van der Waals surface area contributed by atoms with Gasteiger partial charge in [-0.3, -0.25) is 9.78 Å². The summed E-state index contributed by atoms with van der Waals surface area (Å²) in [5, 5.41) is 0. The quantitative estimate of drug-likeness (QED) is 0.804. The maximum absolute atomic E-state index is 12.1. The Labute approximate surface area is 122 Å². The molecule has 1 aliphatic heterocycles. The fourth-order valence-electron chi connectivity index (χ4n) is 2.28. The molecule has 1 amide bonds. The first kappa shape index (κ1) is 15.0. The Kier molecular flexibility index (Phi) is 4.42. The van der Waals surface area contributed by atoms with E-state index in [1.54, 1.807) is 16.6 Å².